The van der Waals surface area contributed by atoms with Crippen LogP contribution in [0.2, 0.25) is 0 Å². The second-order valence-corrected chi connectivity index (χ2v) is 4.05. The molecule has 6 heteroatoms. The van der Waals surface area contributed by atoms with Gasteiger partial charge in [-0.15, -0.1) is 0 Å². The number of benzene rings is 1. The molecular weight excluding hydrogens is 256 g/mol. The van der Waals surface area contributed by atoms with Crippen LogP contribution in [-0.4, -0.2) is 23.5 Å². The minimum Gasteiger partial charge on any atom is -0.481 e. The van der Waals surface area contributed by atoms with Crippen molar-refractivity contribution < 1.29 is 23.5 Å². The van der Waals surface area contributed by atoms with Gasteiger partial charge >= 0.3 is 11.9 Å². The number of hydrogen-bond donors (Lipinski definition) is 2. The van der Waals surface area contributed by atoms with E-state index in [0.717, 1.165) is 0 Å². The lowest BCUT2D eigenvalue weighted by Gasteiger charge is -2.16. The minimum atomic E-state index is -3.58. The molecule has 1 aromatic rings. The Morgan fingerprint density at radius 1 is 1.16 bits per heavy atom. The second kappa shape index (κ2) is 6.82. The monoisotopic (exact) mass is 271 g/mol. The van der Waals surface area contributed by atoms with Crippen LogP contribution >= 0.6 is 0 Å². The van der Waals surface area contributed by atoms with Crippen molar-refractivity contribution in [3.8, 4) is 0 Å². The smallest absolute Gasteiger partial charge is 0.349 e. The van der Waals surface area contributed by atoms with Gasteiger partial charge in [-0.3, -0.25) is 9.59 Å². The summed E-state index contributed by atoms with van der Waals surface area (Å²) in [6, 6.07) is 6.82. The predicted molar refractivity (Wildman–Crippen MR) is 64.8 cm³/mol. The van der Waals surface area contributed by atoms with Gasteiger partial charge < -0.3 is 10.4 Å². The number of carboxylic acids is 1. The number of amides is 1. The molecule has 0 radical (unpaired) electrons. The van der Waals surface area contributed by atoms with E-state index in [2.05, 4.69) is 5.32 Å². The number of hydrogen-bond acceptors (Lipinski definition) is 2. The van der Waals surface area contributed by atoms with Crippen LogP contribution in [0.1, 0.15) is 24.8 Å². The van der Waals surface area contributed by atoms with Crippen molar-refractivity contribution >= 4 is 11.9 Å². The van der Waals surface area contributed by atoms with Crippen molar-refractivity contribution in [2.24, 2.45) is 0 Å². The third-order valence-electron chi connectivity index (χ3n) is 2.52. The number of carbonyl (C=O) groups excluding carboxylic acids is 1. The normalized spacial score (nSPS) is 11.1. The van der Waals surface area contributed by atoms with Crippen molar-refractivity contribution in [3.63, 3.8) is 0 Å². The average molecular weight is 271 g/mol. The molecule has 0 fully saturated rings. The van der Waals surface area contributed by atoms with Crippen LogP contribution in [0.4, 0.5) is 8.78 Å². The lowest BCUT2D eigenvalue weighted by Crippen LogP contribution is -2.38. The Labute approximate surface area is 109 Å². The molecule has 2 N–H and O–H groups in total. The lowest BCUT2D eigenvalue weighted by atomic mass is 10.1. The predicted octanol–water partition coefficient (Wildman–Crippen LogP) is 2.15. The molecule has 104 valence electrons. The Morgan fingerprint density at radius 2 is 1.79 bits per heavy atom. The molecule has 0 aromatic heterocycles. The van der Waals surface area contributed by atoms with Gasteiger partial charge in [-0.1, -0.05) is 30.3 Å². The largest absolute Gasteiger partial charge is 0.481 e. The van der Waals surface area contributed by atoms with Crippen LogP contribution < -0.4 is 5.32 Å². The molecule has 1 rings (SSSR count). The highest BCUT2D eigenvalue weighted by molar-refractivity contribution is 5.84. The summed E-state index contributed by atoms with van der Waals surface area (Å²) in [5.74, 6) is -5.89. The van der Waals surface area contributed by atoms with Crippen molar-refractivity contribution in [1.82, 2.24) is 5.32 Å². The van der Waals surface area contributed by atoms with E-state index in [-0.39, 0.29) is 18.5 Å². The first-order valence-electron chi connectivity index (χ1n) is 5.88. The van der Waals surface area contributed by atoms with E-state index in [0.29, 0.717) is 12.8 Å². The van der Waals surface area contributed by atoms with Crippen molar-refractivity contribution in [1.29, 1.82) is 0 Å². The van der Waals surface area contributed by atoms with E-state index in [4.69, 9.17) is 5.11 Å². The van der Waals surface area contributed by atoms with Gasteiger partial charge in [-0.2, -0.15) is 8.78 Å². The highest BCUT2D eigenvalue weighted by Crippen LogP contribution is 2.27. The van der Waals surface area contributed by atoms with Crippen LogP contribution in [0.25, 0.3) is 0 Å². The van der Waals surface area contributed by atoms with Gasteiger partial charge in [0, 0.05) is 18.5 Å². The number of carboxylic acid groups (broad SMARTS) is 1. The number of unbranched alkanes of at least 4 members (excludes halogenated alkanes) is 1. The Hall–Kier alpha value is -1.98. The molecule has 0 saturated carbocycles. The molecule has 0 atom stereocenters. The molecule has 0 aliphatic carbocycles. The lowest BCUT2D eigenvalue weighted by molar-refractivity contribution is -0.147. The van der Waals surface area contributed by atoms with E-state index in [1.807, 2.05) is 0 Å². The highest BCUT2D eigenvalue weighted by Gasteiger charge is 2.40. The standard InChI is InChI=1S/C13H15F2NO3/c14-13(15,10-6-2-1-3-7-10)12(19)16-9-5-4-8-11(17)18/h1-3,6-7H,4-5,8-9H2,(H,16,19)(H,17,18). The van der Waals surface area contributed by atoms with Gasteiger partial charge in [-0.25, -0.2) is 0 Å². The molecule has 4 nitrogen and oxygen atoms in total. The topological polar surface area (TPSA) is 66.4 Å². The minimum absolute atomic E-state index is 0.0362. The summed E-state index contributed by atoms with van der Waals surface area (Å²) < 4.78 is 27.4. The molecule has 1 aromatic carbocycles. The van der Waals surface area contributed by atoms with Gasteiger partial charge in [0.1, 0.15) is 0 Å². The summed E-state index contributed by atoms with van der Waals surface area (Å²) in [5.41, 5.74) is -0.363. The van der Waals surface area contributed by atoms with Gasteiger partial charge in [0.15, 0.2) is 0 Å². The first-order chi connectivity index (χ1) is 8.94. The molecule has 0 heterocycles. The summed E-state index contributed by atoms with van der Waals surface area (Å²) in [7, 11) is 0. The zero-order chi connectivity index (χ0) is 14.3. The number of aliphatic carboxylic acids is 1. The molecular formula is C13H15F2NO3. The molecule has 19 heavy (non-hydrogen) atoms. The van der Waals surface area contributed by atoms with Gasteiger partial charge in [-0.05, 0) is 12.8 Å². The Morgan fingerprint density at radius 3 is 2.37 bits per heavy atom. The van der Waals surface area contributed by atoms with Crippen LogP contribution in [-0.2, 0) is 15.5 Å². The summed E-state index contributed by atoms with van der Waals surface area (Å²) in [6.45, 7) is 0.0362. The zero-order valence-corrected chi connectivity index (χ0v) is 10.2. The second-order valence-electron chi connectivity index (χ2n) is 4.05. The van der Waals surface area contributed by atoms with Crippen LogP contribution in [0, 0.1) is 0 Å². The first kappa shape index (κ1) is 15.1. The van der Waals surface area contributed by atoms with Gasteiger partial charge in [0.05, 0.1) is 0 Å². The fourth-order valence-corrected chi connectivity index (χ4v) is 1.49. The molecule has 0 saturated heterocycles. The van der Waals surface area contributed by atoms with Crippen molar-refractivity contribution in [2.45, 2.75) is 25.2 Å². The maximum absolute atomic E-state index is 13.7. The van der Waals surface area contributed by atoms with E-state index >= 15 is 0 Å². The summed E-state index contributed by atoms with van der Waals surface area (Å²) >= 11 is 0. The van der Waals surface area contributed by atoms with E-state index < -0.39 is 17.8 Å². The van der Waals surface area contributed by atoms with Gasteiger partial charge in [0.25, 0.3) is 5.91 Å². The van der Waals surface area contributed by atoms with Crippen LogP contribution in [0.5, 0.6) is 0 Å². The fourth-order valence-electron chi connectivity index (χ4n) is 1.49. The van der Waals surface area contributed by atoms with Crippen LogP contribution in [0.15, 0.2) is 30.3 Å². The Bertz CT molecular complexity index is 435. The maximum atomic E-state index is 13.7. The van der Waals surface area contributed by atoms with E-state index in [1.165, 1.54) is 24.3 Å². The number of carbonyl (C=O) groups is 2. The third-order valence-corrected chi connectivity index (χ3v) is 2.52. The average Bonchev–Trinajstić information content (AvgIpc) is 2.38. The third kappa shape index (κ3) is 4.65. The quantitative estimate of drug-likeness (QED) is 0.747. The maximum Gasteiger partial charge on any atom is 0.349 e. The van der Waals surface area contributed by atoms with Crippen molar-refractivity contribution in [3.05, 3.63) is 35.9 Å². The van der Waals surface area contributed by atoms with Crippen LogP contribution in [0.3, 0.4) is 0 Å². The van der Waals surface area contributed by atoms with E-state index in [1.54, 1.807) is 6.07 Å². The number of rotatable bonds is 7. The zero-order valence-electron chi connectivity index (χ0n) is 10.2. The highest BCUT2D eigenvalue weighted by atomic mass is 19.3. The molecule has 0 aliphatic heterocycles. The molecule has 0 unspecified atom stereocenters. The SMILES string of the molecule is O=C(O)CCCCNC(=O)C(F)(F)c1ccccc1. The summed E-state index contributed by atoms with van der Waals surface area (Å²) in [5, 5.41) is 10.5. The van der Waals surface area contributed by atoms with E-state index in [9.17, 15) is 18.4 Å². The number of nitrogens with one attached hydrogen (secondary N) is 1. The number of alkyl halides is 2. The molecule has 0 bridgehead atoms. The number of halogens is 2. The Balaban J connectivity index is 2.42. The van der Waals surface area contributed by atoms with Gasteiger partial charge in [0.2, 0.25) is 0 Å². The fraction of sp³-hybridized carbons (Fsp3) is 0.385. The molecule has 0 spiro atoms. The first-order valence-corrected chi connectivity index (χ1v) is 5.88. The summed E-state index contributed by atoms with van der Waals surface area (Å²) in [6.07, 6.45) is 0.653. The van der Waals surface area contributed by atoms with Crippen molar-refractivity contribution in [2.75, 3.05) is 6.54 Å². The summed E-state index contributed by atoms with van der Waals surface area (Å²) in [4.78, 5) is 21.6. The Kier molecular flexibility index (Phi) is 5.41. The molecule has 0 aliphatic rings. The molecule has 1 amide bonds.